The molecule has 0 aliphatic rings. The van der Waals surface area contributed by atoms with E-state index in [1.165, 1.54) is 7.11 Å². The third-order valence-corrected chi connectivity index (χ3v) is 4.43. The van der Waals surface area contributed by atoms with Gasteiger partial charge in [-0.25, -0.2) is 9.78 Å². The second-order valence-corrected chi connectivity index (χ2v) is 6.04. The van der Waals surface area contributed by atoms with Crippen LogP contribution in [0.2, 0.25) is 0 Å². The SMILES string of the molecule is COC(=O)c1cccc(-c2nc(-c3cccc(OC)c3)c3ccccn23)c1. The summed E-state index contributed by atoms with van der Waals surface area (Å²) in [5.74, 6) is 1.17. The van der Waals surface area contributed by atoms with Gasteiger partial charge in [-0.15, -0.1) is 0 Å². The number of benzene rings is 2. The molecule has 2 aromatic carbocycles. The van der Waals surface area contributed by atoms with Crippen LogP contribution in [-0.4, -0.2) is 29.6 Å². The molecule has 2 heterocycles. The molecule has 0 radical (unpaired) electrons. The molecule has 5 heteroatoms. The second kappa shape index (κ2) is 6.96. The predicted octanol–water partition coefficient (Wildman–Crippen LogP) is 4.46. The van der Waals surface area contributed by atoms with Gasteiger partial charge < -0.3 is 9.47 Å². The van der Waals surface area contributed by atoms with Crippen LogP contribution in [0.5, 0.6) is 5.75 Å². The topological polar surface area (TPSA) is 52.8 Å². The van der Waals surface area contributed by atoms with Gasteiger partial charge in [0.05, 0.1) is 31.0 Å². The lowest BCUT2D eigenvalue weighted by atomic mass is 10.1. The highest BCUT2D eigenvalue weighted by Crippen LogP contribution is 2.31. The molecule has 5 nitrogen and oxygen atoms in total. The van der Waals surface area contributed by atoms with E-state index in [4.69, 9.17) is 14.5 Å². The number of fused-ring (bicyclic) bond motifs is 1. The average Bonchev–Trinajstić information content (AvgIpc) is 3.13. The molecule has 0 spiro atoms. The summed E-state index contributed by atoms with van der Waals surface area (Å²) in [6, 6.07) is 21.1. The summed E-state index contributed by atoms with van der Waals surface area (Å²) in [5, 5.41) is 0. The van der Waals surface area contributed by atoms with Crippen molar-refractivity contribution in [2.75, 3.05) is 14.2 Å². The number of pyridine rings is 1. The summed E-state index contributed by atoms with van der Waals surface area (Å²) in [4.78, 5) is 16.8. The number of imidazole rings is 1. The molecule has 2 aromatic heterocycles. The van der Waals surface area contributed by atoms with Crippen molar-refractivity contribution in [2.45, 2.75) is 0 Å². The Balaban J connectivity index is 1.92. The number of hydrogen-bond acceptors (Lipinski definition) is 4. The first-order valence-corrected chi connectivity index (χ1v) is 8.51. The van der Waals surface area contributed by atoms with E-state index in [9.17, 15) is 4.79 Å². The van der Waals surface area contributed by atoms with E-state index < -0.39 is 0 Å². The molecule has 4 aromatic rings. The normalized spacial score (nSPS) is 10.7. The Labute approximate surface area is 156 Å². The number of methoxy groups -OCH3 is 2. The fraction of sp³-hybridized carbons (Fsp3) is 0.0909. The fourth-order valence-electron chi connectivity index (χ4n) is 3.13. The number of rotatable bonds is 4. The molecule has 0 saturated heterocycles. The zero-order chi connectivity index (χ0) is 18.8. The lowest BCUT2D eigenvalue weighted by Gasteiger charge is -2.03. The molecule has 134 valence electrons. The minimum Gasteiger partial charge on any atom is -0.497 e. The summed E-state index contributed by atoms with van der Waals surface area (Å²) < 4.78 is 12.2. The van der Waals surface area contributed by atoms with Gasteiger partial charge in [0, 0.05) is 17.3 Å². The molecule has 0 saturated carbocycles. The van der Waals surface area contributed by atoms with Gasteiger partial charge in [0.15, 0.2) is 0 Å². The Morgan fingerprint density at radius 2 is 1.74 bits per heavy atom. The highest BCUT2D eigenvalue weighted by molar-refractivity contribution is 5.91. The van der Waals surface area contributed by atoms with Crippen molar-refractivity contribution in [1.29, 1.82) is 0 Å². The van der Waals surface area contributed by atoms with E-state index in [-0.39, 0.29) is 5.97 Å². The number of esters is 1. The number of ether oxygens (including phenoxy) is 2. The van der Waals surface area contributed by atoms with E-state index in [2.05, 4.69) is 0 Å². The minimum absolute atomic E-state index is 0.370. The molecule has 27 heavy (non-hydrogen) atoms. The minimum atomic E-state index is -0.370. The summed E-state index contributed by atoms with van der Waals surface area (Å²) in [7, 11) is 3.02. The second-order valence-electron chi connectivity index (χ2n) is 6.04. The maximum atomic E-state index is 11.9. The molecular weight excluding hydrogens is 340 g/mol. The Morgan fingerprint density at radius 1 is 0.926 bits per heavy atom. The highest BCUT2D eigenvalue weighted by atomic mass is 16.5. The third-order valence-electron chi connectivity index (χ3n) is 4.43. The van der Waals surface area contributed by atoms with Gasteiger partial charge in [0.25, 0.3) is 0 Å². The lowest BCUT2D eigenvalue weighted by Crippen LogP contribution is -2.01. The van der Waals surface area contributed by atoms with Crippen LogP contribution in [-0.2, 0) is 4.74 Å². The van der Waals surface area contributed by atoms with E-state index in [1.54, 1.807) is 19.2 Å². The Morgan fingerprint density at radius 3 is 2.56 bits per heavy atom. The van der Waals surface area contributed by atoms with Gasteiger partial charge in [-0.3, -0.25) is 4.40 Å². The number of carbonyl (C=O) groups is 1. The molecule has 4 rings (SSSR count). The first-order chi connectivity index (χ1) is 13.2. The number of aromatic nitrogens is 2. The van der Waals surface area contributed by atoms with Crippen molar-refractivity contribution >= 4 is 11.5 Å². The molecule has 0 unspecified atom stereocenters. The van der Waals surface area contributed by atoms with Crippen molar-refractivity contribution in [2.24, 2.45) is 0 Å². The maximum Gasteiger partial charge on any atom is 0.337 e. The van der Waals surface area contributed by atoms with Crippen molar-refractivity contribution < 1.29 is 14.3 Å². The summed E-state index contributed by atoms with van der Waals surface area (Å²) in [6.45, 7) is 0. The molecule has 0 aliphatic carbocycles. The zero-order valence-electron chi connectivity index (χ0n) is 15.0. The third kappa shape index (κ3) is 3.04. The maximum absolute atomic E-state index is 11.9. The average molecular weight is 358 g/mol. The van der Waals surface area contributed by atoms with Crippen LogP contribution in [0.4, 0.5) is 0 Å². The van der Waals surface area contributed by atoms with Crippen LogP contribution in [0.25, 0.3) is 28.2 Å². The van der Waals surface area contributed by atoms with Crippen LogP contribution in [0, 0.1) is 0 Å². The largest absolute Gasteiger partial charge is 0.497 e. The first-order valence-electron chi connectivity index (χ1n) is 8.51. The van der Waals surface area contributed by atoms with Crippen LogP contribution in [0.1, 0.15) is 10.4 Å². The highest BCUT2D eigenvalue weighted by Gasteiger charge is 2.16. The Kier molecular flexibility index (Phi) is 4.34. The number of nitrogens with zero attached hydrogens (tertiary/aromatic N) is 2. The van der Waals surface area contributed by atoms with Gasteiger partial charge >= 0.3 is 5.97 Å². The quantitative estimate of drug-likeness (QED) is 0.505. The molecule has 0 N–H and O–H groups in total. The van der Waals surface area contributed by atoms with E-state index in [1.807, 2.05) is 65.2 Å². The number of carbonyl (C=O) groups excluding carboxylic acids is 1. The predicted molar refractivity (Wildman–Crippen MR) is 104 cm³/mol. The fourth-order valence-corrected chi connectivity index (χ4v) is 3.13. The van der Waals surface area contributed by atoms with Gasteiger partial charge in [-0.1, -0.05) is 30.3 Å². The molecule has 0 aliphatic heterocycles. The first kappa shape index (κ1) is 16.8. The lowest BCUT2D eigenvalue weighted by molar-refractivity contribution is 0.0601. The van der Waals surface area contributed by atoms with E-state index in [0.29, 0.717) is 5.56 Å². The van der Waals surface area contributed by atoms with E-state index in [0.717, 1.165) is 33.9 Å². The van der Waals surface area contributed by atoms with Gasteiger partial charge in [0.2, 0.25) is 0 Å². The van der Waals surface area contributed by atoms with Gasteiger partial charge in [-0.05, 0) is 36.4 Å². The number of hydrogen-bond donors (Lipinski definition) is 0. The summed E-state index contributed by atoms with van der Waals surface area (Å²) >= 11 is 0. The summed E-state index contributed by atoms with van der Waals surface area (Å²) in [5.41, 5.74) is 4.13. The molecule has 0 atom stereocenters. The van der Waals surface area contributed by atoms with Crippen LogP contribution >= 0.6 is 0 Å². The standard InChI is InChI=1S/C22H18N2O3/c1-26-18-10-6-7-15(14-18)20-19-11-3-4-12-24(19)21(23-20)16-8-5-9-17(13-16)22(25)27-2/h3-14H,1-2H3. The van der Waals surface area contributed by atoms with Gasteiger partial charge in [0.1, 0.15) is 11.6 Å². The summed E-state index contributed by atoms with van der Waals surface area (Å²) in [6.07, 6.45) is 1.96. The Bertz CT molecular complexity index is 1130. The smallest absolute Gasteiger partial charge is 0.337 e. The molecule has 0 bridgehead atoms. The van der Waals surface area contributed by atoms with Crippen molar-refractivity contribution in [3.63, 3.8) is 0 Å². The molecule has 0 fully saturated rings. The van der Waals surface area contributed by atoms with Crippen molar-refractivity contribution in [1.82, 2.24) is 9.38 Å². The monoisotopic (exact) mass is 358 g/mol. The van der Waals surface area contributed by atoms with Crippen LogP contribution < -0.4 is 4.74 Å². The van der Waals surface area contributed by atoms with Gasteiger partial charge in [-0.2, -0.15) is 0 Å². The van der Waals surface area contributed by atoms with Crippen LogP contribution in [0.3, 0.4) is 0 Å². The zero-order valence-corrected chi connectivity index (χ0v) is 15.0. The molecular formula is C22H18N2O3. The molecule has 0 amide bonds. The van der Waals surface area contributed by atoms with E-state index >= 15 is 0 Å². The van der Waals surface area contributed by atoms with Crippen LogP contribution in [0.15, 0.2) is 72.9 Å². The van der Waals surface area contributed by atoms with Crippen molar-refractivity contribution in [3.8, 4) is 28.4 Å². The van der Waals surface area contributed by atoms with Crippen molar-refractivity contribution in [3.05, 3.63) is 78.5 Å². The Hall–Kier alpha value is -3.60.